The number of anilines is 1. The van der Waals surface area contributed by atoms with E-state index in [2.05, 4.69) is 10.3 Å². The van der Waals surface area contributed by atoms with Crippen LogP contribution in [0.2, 0.25) is 0 Å². The maximum Gasteiger partial charge on any atom is 0.238 e. The van der Waals surface area contributed by atoms with Gasteiger partial charge >= 0.3 is 0 Å². The highest BCUT2D eigenvalue weighted by Gasteiger charge is 2.14. The van der Waals surface area contributed by atoms with Crippen LogP contribution in [-0.2, 0) is 21.4 Å². The summed E-state index contributed by atoms with van der Waals surface area (Å²) in [5, 5.41) is 8.63. The highest BCUT2D eigenvalue weighted by Crippen LogP contribution is 2.21. The number of rotatable bonds is 7. The van der Waals surface area contributed by atoms with Crippen molar-refractivity contribution in [3.8, 4) is 0 Å². The second-order valence-electron chi connectivity index (χ2n) is 6.19. The Bertz CT molecular complexity index is 1080. The maximum absolute atomic E-state index is 12.3. The van der Waals surface area contributed by atoms with Crippen molar-refractivity contribution in [2.75, 3.05) is 11.1 Å². The Hall–Kier alpha value is -2.62. The van der Waals surface area contributed by atoms with Crippen LogP contribution in [0.25, 0.3) is 0 Å². The van der Waals surface area contributed by atoms with Crippen LogP contribution >= 0.6 is 11.8 Å². The molecule has 1 heterocycles. The lowest BCUT2D eigenvalue weighted by Crippen LogP contribution is -2.17. The molecule has 2 aromatic carbocycles. The van der Waals surface area contributed by atoms with E-state index in [-0.39, 0.29) is 16.6 Å². The number of aryl methyl sites for hydroxylation is 1. The molecule has 0 radical (unpaired) electrons. The van der Waals surface area contributed by atoms with Crippen LogP contribution in [0.15, 0.2) is 71.0 Å². The third-order valence-electron chi connectivity index (χ3n) is 3.98. The molecular formula is C19H20N4O3S2. The van der Waals surface area contributed by atoms with Crippen LogP contribution in [0, 0.1) is 6.92 Å². The predicted molar refractivity (Wildman–Crippen MR) is 110 cm³/mol. The number of amides is 1. The third-order valence-corrected chi connectivity index (χ3v) is 6.04. The van der Waals surface area contributed by atoms with Gasteiger partial charge in [0.2, 0.25) is 15.9 Å². The molecule has 0 saturated heterocycles. The standard InChI is InChI=1S/C19H20N4O3S2/c1-14-7-8-16(11-17(14)28(20,25)26)22-18(24)13-27-19-21-9-10-23(19)12-15-5-3-2-4-6-15/h2-11H,12-13H2,1H3,(H,22,24)(H2,20,25,26). The van der Waals surface area contributed by atoms with E-state index in [0.29, 0.717) is 17.8 Å². The number of nitrogens with zero attached hydrogens (tertiary/aromatic N) is 2. The minimum Gasteiger partial charge on any atom is -0.325 e. The number of sulfonamides is 1. The van der Waals surface area contributed by atoms with E-state index in [4.69, 9.17) is 5.14 Å². The molecule has 7 nitrogen and oxygen atoms in total. The topological polar surface area (TPSA) is 107 Å². The van der Waals surface area contributed by atoms with Crippen molar-refractivity contribution < 1.29 is 13.2 Å². The van der Waals surface area contributed by atoms with E-state index in [1.165, 1.54) is 17.8 Å². The fourth-order valence-electron chi connectivity index (χ4n) is 2.65. The van der Waals surface area contributed by atoms with Crippen LogP contribution in [-0.4, -0.2) is 29.6 Å². The van der Waals surface area contributed by atoms with Crippen LogP contribution < -0.4 is 10.5 Å². The van der Waals surface area contributed by atoms with Gasteiger partial charge in [0, 0.05) is 24.6 Å². The van der Waals surface area contributed by atoms with E-state index in [1.807, 2.05) is 41.1 Å². The summed E-state index contributed by atoms with van der Waals surface area (Å²) >= 11 is 1.31. The van der Waals surface area contributed by atoms with Crippen LogP contribution in [0.5, 0.6) is 0 Å². The molecule has 0 aliphatic rings. The number of benzene rings is 2. The Morgan fingerprint density at radius 1 is 1.21 bits per heavy atom. The highest BCUT2D eigenvalue weighted by atomic mass is 32.2. The maximum atomic E-state index is 12.3. The number of aromatic nitrogens is 2. The number of hydrogen-bond donors (Lipinski definition) is 2. The first-order valence-corrected chi connectivity index (χ1v) is 11.0. The molecule has 0 unspecified atom stereocenters. The lowest BCUT2D eigenvalue weighted by molar-refractivity contribution is -0.113. The summed E-state index contributed by atoms with van der Waals surface area (Å²) in [6.07, 6.45) is 3.56. The summed E-state index contributed by atoms with van der Waals surface area (Å²) in [6.45, 7) is 2.31. The first-order valence-electron chi connectivity index (χ1n) is 8.44. The molecular weight excluding hydrogens is 396 g/mol. The summed E-state index contributed by atoms with van der Waals surface area (Å²) in [5.74, 6) is -0.117. The summed E-state index contributed by atoms with van der Waals surface area (Å²) in [5.41, 5.74) is 2.05. The van der Waals surface area contributed by atoms with E-state index >= 15 is 0 Å². The van der Waals surface area contributed by atoms with Gasteiger partial charge in [0.1, 0.15) is 0 Å². The van der Waals surface area contributed by atoms with Crippen molar-refractivity contribution in [3.05, 3.63) is 72.1 Å². The largest absolute Gasteiger partial charge is 0.325 e. The zero-order chi connectivity index (χ0) is 20.1. The number of carbonyl (C=O) groups excluding carboxylic acids is 1. The molecule has 0 fully saturated rings. The molecule has 3 N–H and O–H groups in total. The van der Waals surface area contributed by atoms with Crippen molar-refractivity contribution >= 4 is 33.4 Å². The molecule has 0 aliphatic carbocycles. The number of thioether (sulfide) groups is 1. The minimum absolute atomic E-state index is 0.00337. The molecule has 0 aliphatic heterocycles. The third kappa shape index (κ3) is 5.22. The zero-order valence-corrected chi connectivity index (χ0v) is 16.8. The van der Waals surface area contributed by atoms with Gasteiger partial charge in [-0.05, 0) is 30.2 Å². The van der Waals surface area contributed by atoms with Gasteiger partial charge in [-0.1, -0.05) is 48.2 Å². The van der Waals surface area contributed by atoms with Gasteiger partial charge in [0.25, 0.3) is 0 Å². The van der Waals surface area contributed by atoms with E-state index < -0.39 is 10.0 Å². The van der Waals surface area contributed by atoms with Crippen molar-refractivity contribution in [2.24, 2.45) is 5.14 Å². The average Bonchev–Trinajstić information content (AvgIpc) is 3.08. The normalized spacial score (nSPS) is 11.4. The lowest BCUT2D eigenvalue weighted by Gasteiger charge is -2.10. The summed E-state index contributed by atoms with van der Waals surface area (Å²) in [7, 11) is -3.84. The zero-order valence-electron chi connectivity index (χ0n) is 15.2. The van der Waals surface area contributed by atoms with Gasteiger partial charge in [-0.15, -0.1) is 0 Å². The second-order valence-corrected chi connectivity index (χ2v) is 8.66. The highest BCUT2D eigenvalue weighted by molar-refractivity contribution is 7.99. The number of carbonyl (C=O) groups is 1. The summed E-state index contributed by atoms with van der Waals surface area (Å²) in [4.78, 5) is 16.6. The van der Waals surface area contributed by atoms with Crippen molar-refractivity contribution in [3.63, 3.8) is 0 Å². The minimum atomic E-state index is -3.84. The Balaban J connectivity index is 1.62. The Kier molecular flexibility index (Phi) is 6.18. The molecule has 0 saturated carbocycles. The number of primary sulfonamides is 1. The van der Waals surface area contributed by atoms with Crippen LogP contribution in [0.3, 0.4) is 0 Å². The van der Waals surface area contributed by atoms with E-state index in [1.54, 1.807) is 25.3 Å². The van der Waals surface area contributed by atoms with Gasteiger partial charge in [0.05, 0.1) is 10.6 Å². The number of nitrogens with one attached hydrogen (secondary N) is 1. The summed E-state index contributed by atoms with van der Waals surface area (Å²) in [6, 6.07) is 14.6. The first kappa shape index (κ1) is 20.1. The van der Waals surface area contributed by atoms with Crippen molar-refractivity contribution in [1.29, 1.82) is 0 Å². The number of nitrogens with two attached hydrogens (primary N) is 1. The molecule has 0 atom stereocenters. The van der Waals surface area contributed by atoms with Gasteiger partial charge in [-0.25, -0.2) is 18.5 Å². The van der Waals surface area contributed by atoms with Crippen molar-refractivity contribution in [1.82, 2.24) is 9.55 Å². The average molecular weight is 417 g/mol. The van der Waals surface area contributed by atoms with E-state index in [9.17, 15) is 13.2 Å². The monoisotopic (exact) mass is 416 g/mol. The lowest BCUT2D eigenvalue weighted by atomic mass is 10.2. The molecule has 1 amide bonds. The molecule has 0 spiro atoms. The first-order chi connectivity index (χ1) is 13.3. The molecule has 1 aromatic heterocycles. The second kappa shape index (κ2) is 8.59. The van der Waals surface area contributed by atoms with Crippen LogP contribution in [0.4, 0.5) is 5.69 Å². The number of imidazole rings is 1. The quantitative estimate of drug-likeness (QED) is 0.576. The molecule has 3 aromatic rings. The smallest absolute Gasteiger partial charge is 0.238 e. The summed E-state index contributed by atoms with van der Waals surface area (Å²) < 4.78 is 25.2. The molecule has 9 heteroatoms. The SMILES string of the molecule is Cc1ccc(NC(=O)CSc2nccn2Cc2ccccc2)cc1S(N)(=O)=O. The van der Waals surface area contributed by atoms with Gasteiger partial charge < -0.3 is 9.88 Å². The molecule has 146 valence electrons. The Morgan fingerprint density at radius 3 is 2.68 bits per heavy atom. The van der Waals surface area contributed by atoms with Crippen molar-refractivity contribution in [2.45, 2.75) is 23.5 Å². The fraction of sp³-hybridized carbons (Fsp3) is 0.158. The van der Waals surface area contributed by atoms with Gasteiger partial charge in [0.15, 0.2) is 5.16 Å². The molecule has 3 rings (SSSR count). The predicted octanol–water partition coefficient (Wildman–Crippen LogP) is 2.62. The van der Waals surface area contributed by atoms with Gasteiger partial charge in [-0.3, -0.25) is 4.79 Å². The fourth-order valence-corrected chi connectivity index (χ4v) is 4.21. The van der Waals surface area contributed by atoms with Gasteiger partial charge in [-0.2, -0.15) is 0 Å². The van der Waals surface area contributed by atoms with Crippen LogP contribution in [0.1, 0.15) is 11.1 Å². The molecule has 0 bridgehead atoms. The molecule has 28 heavy (non-hydrogen) atoms. The Labute approximate surface area is 168 Å². The van der Waals surface area contributed by atoms with E-state index in [0.717, 1.165) is 10.7 Å². The number of hydrogen-bond acceptors (Lipinski definition) is 5. The Morgan fingerprint density at radius 2 is 1.96 bits per heavy atom.